The van der Waals surface area contributed by atoms with E-state index in [4.69, 9.17) is 16.3 Å². The molecular formula is C19H18ClN3O2S. The standard InChI is InChI=1S/C19H18ClN3O2S/c1-25-14-6-7-17-16(8-14)22-19(26-17)23-10-13(11-23)18(24)21-9-12-4-2-3-5-15(12)20/h2-8,13H,9-11H2,1H3,(H,21,24). The number of ether oxygens (including phenoxy) is 1. The molecule has 0 atom stereocenters. The Hall–Kier alpha value is -2.31. The lowest BCUT2D eigenvalue weighted by Gasteiger charge is -2.38. The average molecular weight is 388 g/mol. The molecule has 1 amide bonds. The van der Waals surface area contributed by atoms with E-state index in [1.54, 1.807) is 18.4 Å². The third kappa shape index (κ3) is 3.34. The largest absolute Gasteiger partial charge is 0.497 e. The van der Waals surface area contributed by atoms with E-state index in [1.165, 1.54) is 0 Å². The monoisotopic (exact) mass is 387 g/mol. The normalized spacial score (nSPS) is 14.3. The van der Waals surface area contributed by atoms with Gasteiger partial charge in [-0.1, -0.05) is 41.1 Å². The molecule has 2 aromatic carbocycles. The number of halogens is 1. The Labute approximate surface area is 160 Å². The van der Waals surface area contributed by atoms with E-state index in [2.05, 4.69) is 15.2 Å². The van der Waals surface area contributed by atoms with Crippen molar-refractivity contribution >= 4 is 44.2 Å². The predicted molar refractivity (Wildman–Crippen MR) is 105 cm³/mol. The number of nitrogens with zero attached hydrogens (tertiary/aromatic N) is 2. The van der Waals surface area contributed by atoms with E-state index >= 15 is 0 Å². The summed E-state index contributed by atoms with van der Waals surface area (Å²) >= 11 is 7.76. The Morgan fingerprint density at radius 3 is 2.92 bits per heavy atom. The van der Waals surface area contributed by atoms with E-state index in [0.717, 1.165) is 26.7 Å². The highest BCUT2D eigenvalue weighted by atomic mass is 35.5. The molecular weight excluding hydrogens is 370 g/mol. The van der Waals surface area contributed by atoms with Crippen LogP contribution in [-0.4, -0.2) is 31.1 Å². The molecule has 134 valence electrons. The summed E-state index contributed by atoms with van der Waals surface area (Å²) in [4.78, 5) is 19.1. The Bertz CT molecular complexity index is 953. The fourth-order valence-corrected chi connectivity index (χ4v) is 4.09. The molecule has 1 aromatic heterocycles. The number of carbonyl (C=O) groups excluding carboxylic acids is 1. The summed E-state index contributed by atoms with van der Waals surface area (Å²) in [5.74, 6) is 0.845. The molecule has 0 saturated carbocycles. The molecule has 0 bridgehead atoms. The molecule has 7 heteroatoms. The second-order valence-electron chi connectivity index (χ2n) is 6.24. The van der Waals surface area contributed by atoms with Gasteiger partial charge in [0.2, 0.25) is 5.91 Å². The SMILES string of the molecule is COc1ccc2sc(N3CC(C(=O)NCc4ccccc4Cl)C3)nc2c1. The Morgan fingerprint density at radius 2 is 2.15 bits per heavy atom. The van der Waals surface area contributed by atoms with E-state index in [9.17, 15) is 4.79 Å². The molecule has 5 nitrogen and oxygen atoms in total. The van der Waals surface area contributed by atoms with Crippen LogP contribution in [0, 0.1) is 5.92 Å². The van der Waals surface area contributed by atoms with Crippen LogP contribution < -0.4 is 15.0 Å². The number of carbonyl (C=O) groups is 1. The molecule has 0 aliphatic carbocycles. The number of amides is 1. The molecule has 0 spiro atoms. The van der Waals surface area contributed by atoms with Crippen LogP contribution in [0.25, 0.3) is 10.2 Å². The third-order valence-electron chi connectivity index (χ3n) is 4.52. The van der Waals surface area contributed by atoms with Crippen LogP contribution >= 0.6 is 22.9 Å². The minimum atomic E-state index is -0.0148. The van der Waals surface area contributed by atoms with Crippen LogP contribution in [0.1, 0.15) is 5.56 Å². The lowest BCUT2D eigenvalue weighted by molar-refractivity contribution is -0.125. The zero-order chi connectivity index (χ0) is 18.1. The summed E-state index contributed by atoms with van der Waals surface area (Å²) in [5, 5.41) is 4.59. The van der Waals surface area contributed by atoms with Gasteiger partial charge in [-0.25, -0.2) is 4.98 Å². The first-order chi connectivity index (χ1) is 12.6. The Kier molecular flexibility index (Phi) is 4.70. The summed E-state index contributed by atoms with van der Waals surface area (Å²) in [6, 6.07) is 13.4. The van der Waals surface area contributed by atoms with E-state index < -0.39 is 0 Å². The second kappa shape index (κ2) is 7.13. The topological polar surface area (TPSA) is 54.5 Å². The van der Waals surface area contributed by atoms with Gasteiger partial charge >= 0.3 is 0 Å². The van der Waals surface area contributed by atoms with Crippen molar-refractivity contribution in [2.45, 2.75) is 6.54 Å². The molecule has 1 fully saturated rings. The van der Waals surface area contributed by atoms with Crippen LogP contribution in [0.3, 0.4) is 0 Å². The number of thiazole rings is 1. The number of hydrogen-bond acceptors (Lipinski definition) is 5. The van der Waals surface area contributed by atoms with Gasteiger partial charge in [0.15, 0.2) is 5.13 Å². The summed E-state index contributed by atoms with van der Waals surface area (Å²) in [5.41, 5.74) is 1.86. The van der Waals surface area contributed by atoms with Crippen LogP contribution in [0.15, 0.2) is 42.5 Å². The number of rotatable bonds is 5. The van der Waals surface area contributed by atoms with E-state index in [1.807, 2.05) is 42.5 Å². The number of aromatic nitrogens is 1. The Balaban J connectivity index is 1.34. The van der Waals surface area contributed by atoms with Gasteiger partial charge in [-0.3, -0.25) is 4.79 Å². The number of methoxy groups -OCH3 is 1. The molecule has 4 rings (SSSR count). The number of fused-ring (bicyclic) bond motifs is 1. The summed E-state index contributed by atoms with van der Waals surface area (Å²) in [6.45, 7) is 1.83. The minimum absolute atomic E-state index is 0.0148. The third-order valence-corrected chi connectivity index (χ3v) is 5.98. The van der Waals surface area contributed by atoms with Crippen LogP contribution in [0.4, 0.5) is 5.13 Å². The van der Waals surface area contributed by atoms with Crippen molar-refractivity contribution in [1.82, 2.24) is 10.3 Å². The first-order valence-corrected chi connectivity index (χ1v) is 9.54. The first kappa shape index (κ1) is 17.1. The summed E-state index contributed by atoms with van der Waals surface area (Å²) in [7, 11) is 1.65. The average Bonchev–Trinajstić information content (AvgIpc) is 3.02. The lowest BCUT2D eigenvalue weighted by atomic mass is 10.00. The van der Waals surface area contributed by atoms with Crippen molar-refractivity contribution in [2.75, 3.05) is 25.1 Å². The van der Waals surface area contributed by atoms with E-state index in [0.29, 0.717) is 24.7 Å². The molecule has 3 aromatic rings. The smallest absolute Gasteiger partial charge is 0.226 e. The van der Waals surface area contributed by atoms with Gasteiger partial charge in [0.1, 0.15) is 5.75 Å². The molecule has 0 unspecified atom stereocenters. The second-order valence-corrected chi connectivity index (χ2v) is 7.66. The van der Waals surface area contributed by atoms with Crippen LogP contribution in [0.5, 0.6) is 5.75 Å². The van der Waals surface area contributed by atoms with Gasteiger partial charge in [0.05, 0.1) is 23.2 Å². The zero-order valence-electron chi connectivity index (χ0n) is 14.2. The van der Waals surface area contributed by atoms with Crippen molar-refractivity contribution < 1.29 is 9.53 Å². The van der Waals surface area contributed by atoms with Gasteiger partial charge in [0, 0.05) is 30.7 Å². The van der Waals surface area contributed by atoms with Gasteiger partial charge < -0.3 is 15.0 Å². The number of nitrogens with one attached hydrogen (secondary N) is 1. The lowest BCUT2D eigenvalue weighted by Crippen LogP contribution is -2.53. The predicted octanol–water partition coefficient (Wildman–Crippen LogP) is 3.71. The van der Waals surface area contributed by atoms with Crippen molar-refractivity contribution in [2.24, 2.45) is 5.92 Å². The van der Waals surface area contributed by atoms with E-state index in [-0.39, 0.29) is 11.8 Å². The maximum absolute atomic E-state index is 12.3. The van der Waals surface area contributed by atoms with Crippen molar-refractivity contribution in [3.8, 4) is 5.75 Å². The Morgan fingerprint density at radius 1 is 1.35 bits per heavy atom. The van der Waals surface area contributed by atoms with Crippen molar-refractivity contribution in [3.05, 3.63) is 53.1 Å². The summed E-state index contributed by atoms with van der Waals surface area (Å²) < 4.78 is 6.36. The zero-order valence-corrected chi connectivity index (χ0v) is 15.8. The van der Waals surface area contributed by atoms with Gasteiger partial charge in [0.25, 0.3) is 0 Å². The van der Waals surface area contributed by atoms with Gasteiger partial charge in [-0.05, 0) is 23.8 Å². The maximum Gasteiger partial charge on any atom is 0.226 e. The highest BCUT2D eigenvalue weighted by molar-refractivity contribution is 7.22. The molecule has 26 heavy (non-hydrogen) atoms. The number of benzene rings is 2. The number of anilines is 1. The van der Waals surface area contributed by atoms with Gasteiger partial charge in [-0.2, -0.15) is 0 Å². The molecule has 1 aliphatic heterocycles. The molecule has 1 aliphatic rings. The summed E-state index contributed by atoms with van der Waals surface area (Å²) in [6.07, 6.45) is 0. The number of hydrogen-bond donors (Lipinski definition) is 1. The highest BCUT2D eigenvalue weighted by Gasteiger charge is 2.34. The molecule has 2 heterocycles. The van der Waals surface area contributed by atoms with Crippen LogP contribution in [-0.2, 0) is 11.3 Å². The fourth-order valence-electron chi connectivity index (χ4n) is 2.93. The van der Waals surface area contributed by atoms with Crippen molar-refractivity contribution in [1.29, 1.82) is 0 Å². The quantitative estimate of drug-likeness (QED) is 0.725. The first-order valence-electron chi connectivity index (χ1n) is 8.34. The molecule has 0 radical (unpaired) electrons. The highest BCUT2D eigenvalue weighted by Crippen LogP contribution is 2.34. The fraction of sp³-hybridized carbons (Fsp3) is 0.263. The molecule has 1 saturated heterocycles. The molecule has 1 N–H and O–H groups in total. The van der Waals surface area contributed by atoms with Crippen LogP contribution in [0.2, 0.25) is 5.02 Å². The maximum atomic E-state index is 12.3. The van der Waals surface area contributed by atoms with Crippen molar-refractivity contribution in [3.63, 3.8) is 0 Å². The minimum Gasteiger partial charge on any atom is -0.497 e. The van der Waals surface area contributed by atoms with Gasteiger partial charge in [-0.15, -0.1) is 0 Å².